The summed E-state index contributed by atoms with van der Waals surface area (Å²) in [6.07, 6.45) is 1.65. The summed E-state index contributed by atoms with van der Waals surface area (Å²) >= 11 is 5.74. The van der Waals surface area contributed by atoms with E-state index in [1.54, 1.807) is 0 Å². The largest absolute Gasteiger partial charge is 0.347 e. The Morgan fingerprint density at radius 3 is 2.50 bits per heavy atom. The molecule has 0 bridgehead atoms. The molecule has 0 saturated carbocycles. The van der Waals surface area contributed by atoms with Crippen LogP contribution in [-0.4, -0.2) is 17.3 Å². The van der Waals surface area contributed by atoms with Gasteiger partial charge in [0, 0.05) is 17.0 Å². The van der Waals surface area contributed by atoms with Crippen LogP contribution in [0.4, 0.5) is 0 Å². The van der Waals surface area contributed by atoms with E-state index < -0.39 is 0 Å². The highest BCUT2D eigenvalue weighted by atomic mass is 35.5. The van der Waals surface area contributed by atoms with Crippen molar-refractivity contribution < 1.29 is 4.79 Å². The molecule has 1 rings (SSSR count). The minimum absolute atomic E-state index is 0.0323. The van der Waals surface area contributed by atoms with E-state index in [0.29, 0.717) is 11.4 Å². The zero-order valence-electron chi connectivity index (χ0n) is 9.79. The Kier molecular flexibility index (Phi) is 4.81. The molecule has 16 heavy (non-hydrogen) atoms. The van der Waals surface area contributed by atoms with Crippen molar-refractivity contribution in [2.45, 2.75) is 32.2 Å². The lowest BCUT2D eigenvalue weighted by Crippen LogP contribution is -2.45. The summed E-state index contributed by atoms with van der Waals surface area (Å²) in [5.74, 6) is 0.523. The van der Waals surface area contributed by atoms with Gasteiger partial charge >= 0.3 is 0 Å². The molecule has 88 valence electrons. The number of halogens is 1. The van der Waals surface area contributed by atoms with Gasteiger partial charge in [0.25, 0.3) is 5.91 Å². The zero-order valence-corrected chi connectivity index (χ0v) is 10.6. The predicted octanol–water partition coefficient (Wildman–Crippen LogP) is 3.21. The van der Waals surface area contributed by atoms with Crippen molar-refractivity contribution in [3.8, 4) is 0 Å². The van der Waals surface area contributed by atoms with E-state index in [-0.39, 0.29) is 11.4 Å². The third-order valence-electron chi connectivity index (χ3n) is 2.88. The van der Waals surface area contributed by atoms with Crippen molar-refractivity contribution in [3.63, 3.8) is 0 Å². The van der Waals surface area contributed by atoms with Gasteiger partial charge in [0.2, 0.25) is 0 Å². The molecule has 3 heteroatoms. The van der Waals surface area contributed by atoms with E-state index in [9.17, 15) is 4.79 Å². The van der Waals surface area contributed by atoms with Crippen LogP contribution >= 0.6 is 11.6 Å². The SMILES string of the molecule is CCC(C)(CCCl)NC(=O)c1ccccc1. The first kappa shape index (κ1) is 13.0. The van der Waals surface area contributed by atoms with Crippen LogP contribution in [0, 0.1) is 0 Å². The first-order valence-corrected chi connectivity index (χ1v) is 6.08. The van der Waals surface area contributed by atoms with Crippen LogP contribution in [0.5, 0.6) is 0 Å². The summed E-state index contributed by atoms with van der Waals surface area (Å²) in [7, 11) is 0. The smallest absolute Gasteiger partial charge is 0.251 e. The molecule has 2 nitrogen and oxygen atoms in total. The van der Waals surface area contributed by atoms with Gasteiger partial charge in [-0.05, 0) is 31.9 Å². The van der Waals surface area contributed by atoms with Gasteiger partial charge in [-0.1, -0.05) is 25.1 Å². The molecule has 1 aromatic rings. The van der Waals surface area contributed by atoms with Gasteiger partial charge in [-0.2, -0.15) is 0 Å². The van der Waals surface area contributed by atoms with Crippen LogP contribution in [0.25, 0.3) is 0 Å². The number of rotatable bonds is 5. The van der Waals surface area contributed by atoms with E-state index in [4.69, 9.17) is 11.6 Å². The molecule has 1 atom stereocenters. The van der Waals surface area contributed by atoms with Crippen LogP contribution < -0.4 is 5.32 Å². The predicted molar refractivity (Wildman–Crippen MR) is 67.9 cm³/mol. The minimum atomic E-state index is -0.214. The molecule has 1 N–H and O–H groups in total. The maximum Gasteiger partial charge on any atom is 0.251 e. The lowest BCUT2D eigenvalue weighted by Gasteiger charge is -2.29. The molecule has 1 amide bonds. The molecule has 0 radical (unpaired) electrons. The number of nitrogens with one attached hydrogen (secondary N) is 1. The summed E-state index contributed by atoms with van der Waals surface area (Å²) in [6, 6.07) is 9.24. The normalized spacial score (nSPS) is 14.2. The Morgan fingerprint density at radius 2 is 2.00 bits per heavy atom. The van der Waals surface area contributed by atoms with Crippen LogP contribution in [0.15, 0.2) is 30.3 Å². The minimum Gasteiger partial charge on any atom is -0.347 e. The molecule has 0 aliphatic rings. The topological polar surface area (TPSA) is 29.1 Å². The van der Waals surface area contributed by atoms with Gasteiger partial charge in [0.15, 0.2) is 0 Å². The van der Waals surface area contributed by atoms with Gasteiger partial charge in [0.05, 0.1) is 0 Å². The molecule has 0 aliphatic carbocycles. The van der Waals surface area contributed by atoms with Crippen molar-refractivity contribution >= 4 is 17.5 Å². The van der Waals surface area contributed by atoms with Crippen molar-refractivity contribution in [2.24, 2.45) is 0 Å². The number of benzene rings is 1. The maximum atomic E-state index is 11.9. The summed E-state index contributed by atoms with van der Waals surface area (Å²) in [4.78, 5) is 11.9. The molecular formula is C13H18ClNO. The van der Waals surface area contributed by atoms with Crippen molar-refractivity contribution in [1.29, 1.82) is 0 Å². The van der Waals surface area contributed by atoms with Gasteiger partial charge < -0.3 is 5.32 Å². The van der Waals surface area contributed by atoms with E-state index in [0.717, 1.165) is 12.8 Å². The highest BCUT2D eigenvalue weighted by Gasteiger charge is 2.23. The Labute approximate surface area is 102 Å². The number of amides is 1. The fourth-order valence-electron chi connectivity index (χ4n) is 1.47. The molecule has 1 aromatic carbocycles. The number of carbonyl (C=O) groups is 1. The first-order valence-electron chi connectivity index (χ1n) is 5.55. The van der Waals surface area contributed by atoms with Gasteiger partial charge in [-0.25, -0.2) is 0 Å². The average Bonchev–Trinajstić information content (AvgIpc) is 2.30. The summed E-state index contributed by atoms with van der Waals surface area (Å²) < 4.78 is 0. The van der Waals surface area contributed by atoms with E-state index in [2.05, 4.69) is 12.2 Å². The second-order valence-electron chi connectivity index (χ2n) is 4.17. The lowest BCUT2D eigenvalue weighted by molar-refractivity contribution is 0.0901. The quantitative estimate of drug-likeness (QED) is 0.786. The Hall–Kier alpha value is -1.02. The summed E-state index contributed by atoms with van der Waals surface area (Å²) in [6.45, 7) is 4.08. The second-order valence-corrected chi connectivity index (χ2v) is 4.55. The van der Waals surface area contributed by atoms with Gasteiger partial charge in [-0.3, -0.25) is 4.79 Å². The Bertz CT molecular complexity index is 339. The van der Waals surface area contributed by atoms with E-state index in [1.165, 1.54) is 0 Å². The molecule has 0 aliphatic heterocycles. The molecule has 0 saturated heterocycles. The van der Waals surface area contributed by atoms with Crippen LogP contribution in [0.3, 0.4) is 0 Å². The summed E-state index contributed by atoms with van der Waals surface area (Å²) in [5.41, 5.74) is 0.478. The molecule has 0 fully saturated rings. The van der Waals surface area contributed by atoms with Crippen LogP contribution in [-0.2, 0) is 0 Å². The third kappa shape index (κ3) is 3.53. The molecule has 0 heterocycles. The number of hydrogen-bond acceptors (Lipinski definition) is 1. The van der Waals surface area contributed by atoms with Crippen molar-refractivity contribution in [3.05, 3.63) is 35.9 Å². The second kappa shape index (κ2) is 5.90. The Balaban J connectivity index is 2.70. The number of hydrogen-bond donors (Lipinski definition) is 1. The van der Waals surface area contributed by atoms with Gasteiger partial charge in [0.1, 0.15) is 0 Å². The van der Waals surface area contributed by atoms with Crippen molar-refractivity contribution in [1.82, 2.24) is 5.32 Å². The molecule has 0 spiro atoms. The molecular weight excluding hydrogens is 222 g/mol. The van der Waals surface area contributed by atoms with Crippen LogP contribution in [0.2, 0.25) is 0 Å². The van der Waals surface area contributed by atoms with Gasteiger partial charge in [-0.15, -0.1) is 11.6 Å². The zero-order chi connectivity index (χ0) is 12.0. The van der Waals surface area contributed by atoms with E-state index >= 15 is 0 Å². The third-order valence-corrected chi connectivity index (χ3v) is 3.07. The maximum absolute atomic E-state index is 11.9. The van der Waals surface area contributed by atoms with E-state index in [1.807, 2.05) is 37.3 Å². The summed E-state index contributed by atoms with van der Waals surface area (Å²) in [5, 5.41) is 3.04. The fraction of sp³-hybridized carbons (Fsp3) is 0.462. The fourth-order valence-corrected chi connectivity index (χ4v) is 1.89. The highest BCUT2D eigenvalue weighted by Crippen LogP contribution is 2.16. The monoisotopic (exact) mass is 239 g/mol. The van der Waals surface area contributed by atoms with Crippen molar-refractivity contribution in [2.75, 3.05) is 5.88 Å². The highest BCUT2D eigenvalue weighted by molar-refractivity contribution is 6.17. The Morgan fingerprint density at radius 1 is 1.38 bits per heavy atom. The number of carbonyl (C=O) groups excluding carboxylic acids is 1. The number of alkyl halides is 1. The standard InChI is InChI=1S/C13H18ClNO/c1-3-13(2,9-10-14)15-12(16)11-7-5-4-6-8-11/h4-8H,3,9-10H2,1-2H3,(H,15,16). The molecule has 1 unspecified atom stereocenters. The lowest BCUT2D eigenvalue weighted by atomic mass is 9.95. The first-order chi connectivity index (χ1) is 7.61. The van der Waals surface area contributed by atoms with Crippen LogP contribution in [0.1, 0.15) is 37.0 Å². The molecule has 0 aromatic heterocycles. The average molecular weight is 240 g/mol.